The number of anilines is 1. The summed E-state index contributed by atoms with van der Waals surface area (Å²) in [5.74, 6) is 1.57. The van der Waals surface area contributed by atoms with Gasteiger partial charge in [-0.1, -0.05) is 37.3 Å². The maximum Gasteiger partial charge on any atom is 0.251 e. The van der Waals surface area contributed by atoms with Crippen LogP contribution < -0.4 is 20.3 Å². The minimum absolute atomic E-state index is 0.151. The molecule has 3 aromatic rings. The summed E-state index contributed by atoms with van der Waals surface area (Å²) in [5, 5.41) is 18.1. The second-order valence-electron chi connectivity index (χ2n) is 12.4. The second kappa shape index (κ2) is 12.4. The number of carbonyl (C=O) groups is 1. The summed E-state index contributed by atoms with van der Waals surface area (Å²) < 4.78 is 20.5. The number of hydrogen-bond donors (Lipinski definition) is 3. The molecule has 2 aromatic carbocycles. The van der Waals surface area contributed by atoms with Crippen LogP contribution in [0.4, 0.5) is 10.2 Å². The van der Waals surface area contributed by atoms with E-state index in [4.69, 9.17) is 4.74 Å². The smallest absolute Gasteiger partial charge is 0.251 e. The molecule has 3 N–H and O–H groups in total. The van der Waals surface area contributed by atoms with Crippen molar-refractivity contribution in [3.05, 3.63) is 89.4 Å². The van der Waals surface area contributed by atoms with Crippen LogP contribution in [0.15, 0.2) is 66.9 Å². The highest BCUT2D eigenvalue weighted by Crippen LogP contribution is 2.48. The Kier molecular flexibility index (Phi) is 8.45. The summed E-state index contributed by atoms with van der Waals surface area (Å²) in [7, 11) is 0. The predicted octanol–water partition coefficient (Wildman–Crippen LogP) is 5.20. The second-order valence-corrected chi connectivity index (χ2v) is 12.4. The van der Waals surface area contributed by atoms with E-state index in [2.05, 4.69) is 27.4 Å². The quantitative estimate of drug-likeness (QED) is 0.327. The summed E-state index contributed by atoms with van der Waals surface area (Å²) in [6.07, 6.45) is 7.39. The van der Waals surface area contributed by atoms with Gasteiger partial charge in [0.25, 0.3) is 5.91 Å². The highest BCUT2D eigenvalue weighted by molar-refractivity contribution is 5.95. The molecule has 1 saturated carbocycles. The van der Waals surface area contributed by atoms with Crippen molar-refractivity contribution in [2.24, 2.45) is 5.92 Å². The summed E-state index contributed by atoms with van der Waals surface area (Å²) in [5.41, 5.74) is 2.10. The lowest BCUT2D eigenvalue weighted by molar-refractivity contribution is -0.0383. The number of ether oxygens (including phenoxy) is 1. The third kappa shape index (κ3) is 6.45. The number of nitrogens with zero attached hydrogens (tertiary/aromatic N) is 2. The van der Waals surface area contributed by atoms with Crippen LogP contribution in [0.25, 0.3) is 0 Å². The number of aromatic nitrogens is 1. The van der Waals surface area contributed by atoms with Gasteiger partial charge < -0.3 is 25.4 Å². The Bertz CT molecular complexity index is 1380. The van der Waals surface area contributed by atoms with Crippen molar-refractivity contribution < 1.29 is 19.0 Å². The summed E-state index contributed by atoms with van der Waals surface area (Å²) in [4.78, 5) is 20.3. The number of nitrogens with one attached hydrogen (secondary N) is 2. The number of pyridine rings is 1. The monoisotopic (exact) mass is 572 g/mol. The first-order valence-corrected chi connectivity index (χ1v) is 15.3. The fraction of sp³-hybridized carbons (Fsp3) is 0.471. The molecule has 42 heavy (non-hydrogen) atoms. The van der Waals surface area contributed by atoms with Gasteiger partial charge in [-0.15, -0.1) is 0 Å². The minimum Gasteiger partial charge on any atom is -0.487 e. The zero-order valence-electron chi connectivity index (χ0n) is 24.3. The van der Waals surface area contributed by atoms with E-state index in [0.29, 0.717) is 23.7 Å². The number of piperidine rings is 1. The van der Waals surface area contributed by atoms with Crippen LogP contribution in [0.2, 0.25) is 0 Å². The van der Waals surface area contributed by atoms with Gasteiger partial charge >= 0.3 is 0 Å². The van der Waals surface area contributed by atoms with Crippen molar-refractivity contribution in [2.75, 3.05) is 24.5 Å². The minimum atomic E-state index is -0.879. The first kappa shape index (κ1) is 28.6. The summed E-state index contributed by atoms with van der Waals surface area (Å²) >= 11 is 0. The molecule has 4 atom stereocenters. The van der Waals surface area contributed by atoms with Gasteiger partial charge in [-0.2, -0.15) is 0 Å². The molecule has 1 aromatic heterocycles. The summed E-state index contributed by atoms with van der Waals surface area (Å²) in [6, 6.07) is 17.4. The van der Waals surface area contributed by atoms with Crippen LogP contribution in [0.5, 0.6) is 5.75 Å². The molecule has 8 heteroatoms. The van der Waals surface area contributed by atoms with E-state index in [0.717, 1.165) is 62.1 Å². The highest BCUT2D eigenvalue weighted by atomic mass is 19.1. The van der Waals surface area contributed by atoms with Gasteiger partial charge in [0, 0.05) is 49.4 Å². The Morgan fingerprint density at radius 3 is 2.76 bits per heavy atom. The molecule has 1 saturated heterocycles. The van der Waals surface area contributed by atoms with Gasteiger partial charge in [0.05, 0.1) is 12.1 Å². The Balaban J connectivity index is 1.17. The fourth-order valence-corrected chi connectivity index (χ4v) is 6.64. The maximum atomic E-state index is 14.2. The Morgan fingerprint density at radius 1 is 1.17 bits per heavy atom. The van der Waals surface area contributed by atoms with Gasteiger partial charge in [0.1, 0.15) is 23.0 Å². The number of rotatable bonds is 9. The average molecular weight is 573 g/mol. The first-order valence-electron chi connectivity index (χ1n) is 15.3. The van der Waals surface area contributed by atoms with Gasteiger partial charge in [-0.3, -0.25) is 4.79 Å². The van der Waals surface area contributed by atoms with E-state index in [-0.39, 0.29) is 29.9 Å². The lowest BCUT2D eigenvalue weighted by atomic mass is 9.73. The lowest BCUT2D eigenvalue weighted by Gasteiger charge is -2.48. The van der Waals surface area contributed by atoms with Crippen LogP contribution in [-0.4, -0.2) is 53.4 Å². The molecule has 222 valence electrons. The third-order valence-corrected chi connectivity index (χ3v) is 9.16. The molecule has 7 nitrogen and oxygen atoms in total. The standard InChI is InChI=1S/C34H41FN4O3/c1-23-7-5-16-39(22-23)32-18-25(12-15-36-32)33(41)38-28(17-24-8-3-2-4-9-24)30(40)21-37-29-20-34(13-6-14-34)42-31-11-10-26(35)19-27(29)31/h2-4,8-12,15,18-19,23,28-30,37,40H,5-7,13-14,16-17,20-22H2,1H3,(H,38,41)/t23?,28-,29-,30-/m0/s1. The molecular weight excluding hydrogens is 531 g/mol. The first-order chi connectivity index (χ1) is 20.4. The van der Waals surface area contributed by atoms with Crippen molar-refractivity contribution in [1.82, 2.24) is 15.6 Å². The lowest BCUT2D eigenvalue weighted by Crippen LogP contribution is -2.52. The molecule has 3 heterocycles. The number of amides is 1. The van der Waals surface area contributed by atoms with E-state index in [9.17, 15) is 14.3 Å². The topological polar surface area (TPSA) is 86.7 Å². The molecule has 2 aliphatic heterocycles. The SMILES string of the molecule is CC1CCCN(c2cc(C(=O)N[C@@H](Cc3ccccc3)[C@@H](O)CN[C@H]3CC4(CCC4)Oc4ccc(F)cc43)ccn2)C1. The Morgan fingerprint density at radius 2 is 2.00 bits per heavy atom. The van der Waals surface area contributed by atoms with Gasteiger partial charge in [-0.05, 0) is 80.3 Å². The molecule has 1 unspecified atom stereocenters. The van der Waals surface area contributed by atoms with Gasteiger partial charge in [0.15, 0.2) is 0 Å². The van der Waals surface area contributed by atoms with Crippen molar-refractivity contribution in [3.8, 4) is 5.75 Å². The maximum absolute atomic E-state index is 14.2. The molecule has 0 radical (unpaired) electrons. The molecule has 2 fully saturated rings. The van der Waals surface area contributed by atoms with Crippen LogP contribution >= 0.6 is 0 Å². The molecule has 0 bridgehead atoms. The van der Waals surface area contributed by atoms with Crippen LogP contribution in [0.3, 0.4) is 0 Å². The van der Waals surface area contributed by atoms with E-state index in [1.807, 2.05) is 36.4 Å². The zero-order valence-corrected chi connectivity index (χ0v) is 24.3. The summed E-state index contributed by atoms with van der Waals surface area (Å²) in [6.45, 7) is 4.35. The number of aliphatic hydroxyl groups is 1. The number of benzene rings is 2. The molecule has 1 spiro atoms. The number of halogens is 1. The van der Waals surface area contributed by atoms with Crippen molar-refractivity contribution in [1.29, 1.82) is 0 Å². The van der Waals surface area contributed by atoms with Gasteiger partial charge in [0.2, 0.25) is 0 Å². The fourth-order valence-electron chi connectivity index (χ4n) is 6.64. The highest BCUT2D eigenvalue weighted by Gasteiger charge is 2.45. The molecule has 3 aliphatic rings. The normalized spacial score (nSPS) is 22.4. The number of aliphatic hydroxyl groups excluding tert-OH is 1. The molecular formula is C34H41FN4O3. The van der Waals surface area contributed by atoms with Crippen LogP contribution in [0.1, 0.15) is 73.0 Å². The molecule has 1 amide bonds. The van der Waals surface area contributed by atoms with Crippen LogP contribution in [-0.2, 0) is 6.42 Å². The van der Waals surface area contributed by atoms with E-state index >= 15 is 0 Å². The van der Waals surface area contributed by atoms with Crippen molar-refractivity contribution in [2.45, 2.75) is 75.7 Å². The van der Waals surface area contributed by atoms with E-state index < -0.39 is 12.1 Å². The predicted molar refractivity (Wildman–Crippen MR) is 161 cm³/mol. The number of fused-ring (bicyclic) bond motifs is 1. The Labute approximate surface area is 247 Å². The van der Waals surface area contributed by atoms with Crippen molar-refractivity contribution in [3.63, 3.8) is 0 Å². The number of hydrogen-bond acceptors (Lipinski definition) is 6. The van der Waals surface area contributed by atoms with Crippen LogP contribution in [0, 0.1) is 11.7 Å². The Hall–Kier alpha value is -3.49. The number of carbonyl (C=O) groups excluding carboxylic acids is 1. The largest absolute Gasteiger partial charge is 0.487 e. The van der Waals surface area contributed by atoms with E-state index in [1.54, 1.807) is 18.3 Å². The zero-order chi connectivity index (χ0) is 29.1. The van der Waals surface area contributed by atoms with Gasteiger partial charge in [-0.25, -0.2) is 9.37 Å². The third-order valence-electron chi connectivity index (χ3n) is 9.16. The van der Waals surface area contributed by atoms with E-state index in [1.165, 1.54) is 18.6 Å². The molecule has 1 aliphatic carbocycles. The molecule has 6 rings (SSSR count). The van der Waals surface area contributed by atoms with Crippen molar-refractivity contribution >= 4 is 11.7 Å². The average Bonchev–Trinajstić information content (AvgIpc) is 2.99.